The van der Waals surface area contributed by atoms with Gasteiger partial charge < -0.3 is 9.26 Å². The molecular weight excluding hydrogens is 371 g/mol. The lowest BCUT2D eigenvalue weighted by Gasteiger charge is -2.26. The third-order valence-electron chi connectivity index (χ3n) is 5.44. The van der Waals surface area contributed by atoms with Gasteiger partial charge in [-0.15, -0.1) is 0 Å². The predicted octanol–water partition coefficient (Wildman–Crippen LogP) is 5.14. The van der Waals surface area contributed by atoms with E-state index >= 15 is 0 Å². The van der Waals surface area contributed by atoms with Gasteiger partial charge in [-0.2, -0.15) is 4.98 Å². The molecule has 152 valence electrons. The van der Waals surface area contributed by atoms with Crippen LogP contribution in [0.2, 0.25) is 0 Å². The number of halogens is 1. The van der Waals surface area contributed by atoms with E-state index in [-0.39, 0.29) is 11.7 Å². The van der Waals surface area contributed by atoms with Gasteiger partial charge in [-0.3, -0.25) is 9.97 Å². The molecule has 0 spiro atoms. The number of rotatable bonds is 6. The third-order valence-corrected chi connectivity index (χ3v) is 5.44. The monoisotopic (exact) mass is 396 g/mol. The van der Waals surface area contributed by atoms with E-state index in [1.807, 2.05) is 6.07 Å². The highest BCUT2D eigenvalue weighted by atomic mass is 19.1. The highest BCUT2D eigenvalue weighted by molar-refractivity contribution is 5.59. The van der Waals surface area contributed by atoms with E-state index in [1.54, 1.807) is 24.5 Å². The van der Waals surface area contributed by atoms with E-state index in [4.69, 9.17) is 9.26 Å². The smallest absolute Gasteiger partial charge is 0.229 e. The fraction of sp³-hybridized carbons (Fsp3) is 0.455. The number of hydrogen-bond acceptors (Lipinski definition) is 6. The van der Waals surface area contributed by atoms with Gasteiger partial charge in [0.2, 0.25) is 5.89 Å². The van der Waals surface area contributed by atoms with E-state index in [9.17, 15) is 4.39 Å². The van der Waals surface area contributed by atoms with Gasteiger partial charge in [-0.25, -0.2) is 4.39 Å². The lowest BCUT2D eigenvalue weighted by molar-refractivity contribution is 0.189. The van der Waals surface area contributed by atoms with Crippen LogP contribution in [0.15, 0.2) is 41.3 Å². The first kappa shape index (κ1) is 19.5. The van der Waals surface area contributed by atoms with Crippen LogP contribution >= 0.6 is 0 Å². The van der Waals surface area contributed by atoms with Gasteiger partial charge in [0.25, 0.3) is 0 Å². The van der Waals surface area contributed by atoms with Crippen LogP contribution in [0.4, 0.5) is 4.39 Å². The van der Waals surface area contributed by atoms with Crippen molar-refractivity contribution >= 4 is 0 Å². The summed E-state index contributed by atoms with van der Waals surface area (Å²) in [6, 6.07) is 5.22. The number of ether oxygens (including phenoxy) is 1. The van der Waals surface area contributed by atoms with Crippen molar-refractivity contribution in [2.75, 3.05) is 6.61 Å². The molecule has 0 aromatic carbocycles. The average molecular weight is 396 g/mol. The van der Waals surface area contributed by atoms with Crippen LogP contribution in [0.1, 0.15) is 63.1 Å². The van der Waals surface area contributed by atoms with Crippen LogP contribution in [0.5, 0.6) is 5.75 Å². The minimum Gasteiger partial charge on any atom is -0.492 e. The summed E-state index contributed by atoms with van der Waals surface area (Å²) < 4.78 is 25.2. The van der Waals surface area contributed by atoms with Crippen LogP contribution in [0, 0.1) is 11.7 Å². The van der Waals surface area contributed by atoms with Crippen LogP contribution in [-0.4, -0.2) is 26.7 Å². The summed E-state index contributed by atoms with van der Waals surface area (Å²) in [6.45, 7) is 4.79. The number of aromatic nitrogens is 4. The minimum absolute atomic E-state index is 0.285. The quantitative estimate of drug-likeness (QED) is 0.574. The zero-order chi connectivity index (χ0) is 20.2. The molecule has 3 aromatic heterocycles. The highest BCUT2D eigenvalue weighted by Gasteiger charge is 2.27. The first-order valence-corrected chi connectivity index (χ1v) is 10.1. The Balaban J connectivity index is 1.27. The van der Waals surface area contributed by atoms with Crippen LogP contribution < -0.4 is 4.74 Å². The summed E-state index contributed by atoms with van der Waals surface area (Å²) >= 11 is 0. The molecule has 1 saturated carbocycles. The Morgan fingerprint density at radius 3 is 2.62 bits per heavy atom. The molecule has 3 heterocycles. The first-order valence-electron chi connectivity index (χ1n) is 10.1. The average Bonchev–Trinajstić information content (AvgIpc) is 3.24. The van der Waals surface area contributed by atoms with Crippen molar-refractivity contribution < 1.29 is 13.7 Å². The molecule has 0 amide bonds. The van der Waals surface area contributed by atoms with Crippen LogP contribution in [0.3, 0.4) is 0 Å². The molecule has 0 N–H and O–H groups in total. The second-order valence-electron chi connectivity index (χ2n) is 7.91. The molecule has 1 aliphatic carbocycles. The molecule has 0 bridgehead atoms. The second kappa shape index (κ2) is 8.68. The van der Waals surface area contributed by atoms with Crippen molar-refractivity contribution in [3.8, 4) is 17.0 Å². The molecule has 0 saturated heterocycles. The lowest BCUT2D eigenvalue weighted by Crippen LogP contribution is -2.19. The molecule has 0 aliphatic heterocycles. The standard InChI is InChI=1S/C22H25FN4O2/c1-14(2)21-26-22(29-27-21)16-5-3-15(4-6-16)13-28-17-7-8-20(25-11-17)18-9-10-24-12-19(18)23/h7-12,14-16H,3-6,13H2,1-2H3. The zero-order valence-corrected chi connectivity index (χ0v) is 16.7. The predicted molar refractivity (Wildman–Crippen MR) is 106 cm³/mol. The van der Waals surface area contributed by atoms with E-state index in [0.717, 1.165) is 37.4 Å². The fourth-order valence-electron chi connectivity index (χ4n) is 3.65. The highest BCUT2D eigenvalue weighted by Crippen LogP contribution is 2.35. The molecule has 0 unspecified atom stereocenters. The summed E-state index contributed by atoms with van der Waals surface area (Å²) in [5, 5.41) is 4.08. The van der Waals surface area contributed by atoms with Crippen molar-refractivity contribution in [3.63, 3.8) is 0 Å². The van der Waals surface area contributed by atoms with Gasteiger partial charge in [0.15, 0.2) is 11.6 Å². The third kappa shape index (κ3) is 4.60. The minimum atomic E-state index is -0.382. The van der Waals surface area contributed by atoms with Gasteiger partial charge in [0.05, 0.1) is 24.7 Å². The van der Waals surface area contributed by atoms with Gasteiger partial charge in [0, 0.05) is 23.6 Å². The Hall–Kier alpha value is -2.83. The molecular formula is C22H25FN4O2. The Labute approximate surface area is 169 Å². The zero-order valence-electron chi connectivity index (χ0n) is 16.7. The summed E-state index contributed by atoms with van der Waals surface area (Å²) in [5.74, 6) is 3.01. The summed E-state index contributed by atoms with van der Waals surface area (Å²) in [7, 11) is 0. The van der Waals surface area contributed by atoms with Gasteiger partial charge >= 0.3 is 0 Å². The summed E-state index contributed by atoms with van der Waals surface area (Å²) in [4.78, 5) is 12.6. The van der Waals surface area contributed by atoms with E-state index in [2.05, 4.69) is 34.0 Å². The maximum atomic E-state index is 13.8. The Morgan fingerprint density at radius 2 is 1.97 bits per heavy atom. The van der Waals surface area contributed by atoms with Crippen LogP contribution in [0.25, 0.3) is 11.3 Å². The summed E-state index contributed by atoms with van der Waals surface area (Å²) in [6.07, 6.45) is 8.59. The molecule has 4 rings (SSSR count). The van der Waals surface area contributed by atoms with Crippen molar-refractivity contribution in [1.29, 1.82) is 0 Å². The van der Waals surface area contributed by atoms with Crippen molar-refractivity contribution in [3.05, 3.63) is 54.3 Å². The molecule has 0 radical (unpaired) electrons. The SMILES string of the molecule is CC(C)c1noc(C2CCC(COc3ccc(-c4ccncc4F)nc3)CC2)n1. The van der Waals surface area contributed by atoms with Crippen molar-refractivity contribution in [2.24, 2.45) is 5.92 Å². The molecule has 29 heavy (non-hydrogen) atoms. The number of hydrogen-bond donors (Lipinski definition) is 0. The molecule has 6 nitrogen and oxygen atoms in total. The summed E-state index contributed by atoms with van der Waals surface area (Å²) in [5.41, 5.74) is 1.00. The molecule has 7 heteroatoms. The van der Waals surface area contributed by atoms with Crippen LogP contribution in [-0.2, 0) is 0 Å². The van der Waals surface area contributed by atoms with Crippen molar-refractivity contribution in [2.45, 2.75) is 51.4 Å². The Kier molecular flexibility index (Phi) is 5.83. The Bertz CT molecular complexity index is 934. The maximum absolute atomic E-state index is 13.8. The molecule has 1 aliphatic rings. The fourth-order valence-corrected chi connectivity index (χ4v) is 3.65. The number of nitrogens with zero attached hydrogens (tertiary/aromatic N) is 4. The van der Waals surface area contributed by atoms with Gasteiger partial charge in [0.1, 0.15) is 5.75 Å². The van der Waals surface area contributed by atoms with E-state index in [1.165, 1.54) is 6.20 Å². The topological polar surface area (TPSA) is 73.9 Å². The largest absolute Gasteiger partial charge is 0.492 e. The molecule has 0 atom stereocenters. The second-order valence-corrected chi connectivity index (χ2v) is 7.91. The lowest BCUT2D eigenvalue weighted by atomic mass is 9.82. The normalized spacial score (nSPS) is 19.4. The molecule has 3 aromatic rings. The van der Waals surface area contributed by atoms with Gasteiger partial charge in [-0.05, 0) is 49.8 Å². The first-order chi connectivity index (χ1) is 14.1. The van der Waals surface area contributed by atoms with E-state index < -0.39 is 0 Å². The van der Waals surface area contributed by atoms with Crippen molar-refractivity contribution in [1.82, 2.24) is 20.1 Å². The Morgan fingerprint density at radius 1 is 1.14 bits per heavy atom. The maximum Gasteiger partial charge on any atom is 0.229 e. The number of pyridine rings is 2. The van der Waals surface area contributed by atoms with Gasteiger partial charge in [-0.1, -0.05) is 19.0 Å². The van der Waals surface area contributed by atoms with E-state index in [0.29, 0.717) is 35.4 Å². The molecule has 1 fully saturated rings.